The topological polar surface area (TPSA) is 35.5 Å². The van der Waals surface area contributed by atoms with E-state index in [1.165, 1.54) is 32.1 Å². The lowest BCUT2D eigenvalue weighted by Crippen LogP contribution is -2.47. The van der Waals surface area contributed by atoms with E-state index >= 15 is 0 Å². The van der Waals surface area contributed by atoms with Crippen LogP contribution in [0.3, 0.4) is 0 Å². The van der Waals surface area contributed by atoms with Crippen molar-refractivity contribution in [3.05, 3.63) is 0 Å². The summed E-state index contributed by atoms with van der Waals surface area (Å²) < 4.78 is 0. The second-order valence-electron chi connectivity index (χ2n) is 5.79. The molecule has 2 N–H and O–H groups in total. The Morgan fingerprint density at radius 3 is 2.47 bits per heavy atom. The molecule has 1 unspecified atom stereocenters. The molecule has 3 nitrogen and oxygen atoms in total. The van der Waals surface area contributed by atoms with Gasteiger partial charge >= 0.3 is 0 Å². The lowest BCUT2D eigenvalue weighted by molar-refractivity contribution is 0.0756. The van der Waals surface area contributed by atoms with Crippen molar-refractivity contribution in [1.82, 2.24) is 10.2 Å². The van der Waals surface area contributed by atoms with Gasteiger partial charge in [-0.05, 0) is 38.8 Å². The lowest BCUT2D eigenvalue weighted by atomic mass is 9.73. The summed E-state index contributed by atoms with van der Waals surface area (Å²) in [5.41, 5.74) is 0.437. The Bertz CT molecular complexity index is 202. The zero-order valence-corrected chi connectivity index (χ0v) is 11.8. The molecule has 0 amide bonds. The molecule has 0 aliphatic heterocycles. The highest BCUT2D eigenvalue weighted by atomic mass is 16.3. The van der Waals surface area contributed by atoms with Gasteiger partial charge in [-0.2, -0.15) is 0 Å². The molecular formula is C14H30N2O. The predicted octanol–water partition coefficient (Wildman–Crippen LogP) is 1.86. The smallest absolute Gasteiger partial charge is 0.0584 e. The lowest BCUT2D eigenvalue weighted by Gasteiger charge is -2.41. The molecule has 1 fully saturated rings. The van der Waals surface area contributed by atoms with E-state index in [9.17, 15) is 5.11 Å². The van der Waals surface area contributed by atoms with Gasteiger partial charge in [-0.3, -0.25) is 0 Å². The van der Waals surface area contributed by atoms with Crippen LogP contribution in [0.15, 0.2) is 0 Å². The van der Waals surface area contributed by atoms with Gasteiger partial charge < -0.3 is 15.3 Å². The van der Waals surface area contributed by atoms with Crippen molar-refractivity contribution in [2.24, 2.45) is 5.41 Å². The highest BCUT2D eigenvalue weighted by Gasteiger charge is 2.33. The zero-order valence-electron chi connectivity index (χ0n) is 11.8. The van der Waals surface area contributed by atoms with Gasteiger partial charge in [-0.1, -0.05) is 26.2 Å². The second kappa shape index (κ2) is 7.34. The largest absolute Gasteiger partial charge is 0.395 e. The zero-order chi connectivity index (χ0) is 12.7. The van der Waals surface area contributed by atoms with Gasteiger partial charge in [0.15, 0.2) is 0 Å². The third kappa shape index (κ3) is 4.57. The SMILES string of the molecule is CCNCC1(CN(C)C(C)CO)CCCCC1. The Labute approximate surface area is 107 Å². The third-order valence-corrected chi connectivity index (χ3v) is 4.27. The van der Waals surface area contributed by atoms with E-state index in [-0.39, 0.29) is 12.6 Å². The Morgan fingerprint density at radius 1 is 1.29 bits per heavy atom. The van der Waals surface area contributed by atoms with Crippen molar-refractivity contribution in [2.75, 3.05) is 33.3 Å². The standard InChI is InChI=1S/C14H30N2O/c1-4-15-11-14(8-6-5-7-9-14)12-16(3)13(2)10-17/h13,15,17H,4-12H2,1-3H3. The van der Waals surface area contributed by atoms with Crippen molar-refractivity contribution in [1.29, 1.82) is 0 Å². The molecule has 0 aromatic carbocycles. The number of aliphatic hydroxyl groups is 1. The molecule has 1 saturated carbocycles. The Kier molecular flexibility index (Phi) is 6.45. The molecule has 0 spiro atoms. The molecule has 0 heterocycles. The van der Waals surface area contributed by atoms with E-state index in [1.54, 1.807) is 0 Å². The maximum absolute atomic E-state index is 9.24. The average molecular weight is 242 g/mol. The summed E-state index contributed by atoms with van der Waals surface area (Å²) in [6.45, 7) is 7.84. The molecule has 0 radical (unpaired) electrons. The number of hydrogen-bond donors (Lipinski definition) is 2. The molecule has 102 valence electrons. The highest BCUT2D eigenvalue weighted by molar-refractivity contribution is 4.88. The van der Waals surface area contributed by atoms with Crippen molar-refractivity contribution < 1.29 is 5.11 Å². The van der Waals surface area contributed by atoms with Gasteiger partial charge in [0.25, 0.3) is 0 Å². The molecule has 0 aromatic heterocycles. The number of hydrogen-bond acceptors (Lipinski definition) is 3. The van der Waals surface area contributed by atoms with Crippen LogP contribution >= 0.6 is 0 Å². The van der Waals surface area contributed by atoms with E-state index in [0.717, 1.165) is 19.6 Å². The van der Waals surface area contributed by atoms with Gasteiger partial charge in [-0.25, -0.2) is 0 Å². The molecule has 0 aromatic rings. The summed E-state index contributed by atoms with van der Waals surface area (Å²) in [5.74, 6) is 0. The van der Waals surface area contributed by atoms with Crippen LogP contribution in [0.5, 0.6) is 0 Å². The minimum absolute atomic E-state index is 0.258. The maximum atomic E-state index is 9.24. The quantitative estimate of drug-likeness (QED) is 0.715. The van der Waals surface area contributed by atoms with Crippen LogP contribution < -0.4 is 5.32 Å². The van der Waals surface area contributed by atoms with Gasteiger partial charge in [0, 0.05) is 19.1 Å². The summed E-state index contributed by atoms with van der Waals surface area (Å²) in [4.78, 5) is 2.32. The van der Waals surface area contributed by atoms with Gasteiger partial charge in [0.1, 0.15) is 0 Å². The van der Waals surface area contributed by atoms with Crippen molar-refractivity contribution in [3.63, 3.8) is 0 Å². The van der Waals surface area contributed by atoms with E-state index in [2.05, 4.69) is 31.1 Å². The molecule has 1 atom stereocenters. The molecule has 17 heavy (non-hydrogen) atoms. The van der Waals surface area contributed by atoms with Crippen molar-refractivity contribution in [3.8, 4) is 0 Å². The second-order valence-corrected chi connectivity index (χ2v) is 5.79. The molecule has 0 saturated heterocycles. The Hall–Kier alpha value is -0.120. The Balaban J connectivity index is 2.55. The number of likely N-dealkylation sites (N-methyl/N-ethyl adjacent to an activating group) is 1. The first kappa shape index (κ1) is 14.9. The molecule has 1 aliphatic rings. The van der Waals surface area contributed by atoms with Gasteiger partial charge in [-0.15, -0.1) is 0 Å². The van der Waals surface area contributed by atoms with E-state index in [1.807, 2.05) is 0 Å². The number of aliphatic hydroxyl groups excluding tert-OH is 1. The van der Waals surface area contributed by atoms with Crippen LogP contribution in [0, 0.1) is 5.41 Å². The van der Waals surface area contributed by atoms with Crippen LogP contribution in [-0.2, 0) is 0 Å². The number of nitrogens with one attached hydrogen (secondary N) is 1. The summed E-state index contributed by atoms with van der Waals surface area (Å²) in [7, 11) is 2.14. The molecule has 3 heteroatoms. The minimum atomic E-state index is 0.258. The normalized spacial score (nSPS) is 21.7. The summed E-state index contributed by atoms with van der Waals surface area (Å²) in [6.07, 6.45) is 6.80. The van der Waals surface area contributed by atoms with E-state index in [4.69, 9.17) is 0 Å². The first-order chi connectivity index (χ1) is 8.13. The summed E-state index contributed by atoms with van der Waals surface area (Å²) in [5, 5.41) is 12.8. The monoisotopic (exact) mass is 242 g/mol. The van der Waals surface area contributed by atoms with E-state index in [0.29, 0.717) is 5.41 Å². The minimum Gasteiger partial charge on any atom is -0.395 e. The fraction of sp³-hybridized carbons (Fsp3) is 1.00. The summed E-state index contributed by atoms with van der Waals surface area (Å²) in [6, 6.07) is 0.274. The number of rotatable bonds is 7. The van der Waals surface area contributed by atoms with Crippen molar-refractivity contribution in [2.45, 2.75) is 52.0 Å². The maximum Gasteiger partial charge on any atom is 0.0584 e. The first-order valence-corrected chi connectivity index (χ1v) is 7.15. The highest BCUT2D eigenvalue weighted by Crippen LogP contribution is 2.36. The fourth-order valence-electron chi connectivity index (χ4n) is 2.91. The van der Waals surface area contributed by atoms with Crippen molar-refractivity contribution >= 4 is 0 Å². The van der Waals surface area contributed by atoms with Crippen LogP contribution in [0.4, 0.5) is 0 Å². The molecule has 1 aliphatic carbocycles. The number of nitrogens with zero attached hydrogens (tertiary/aromatic N) is 1. The van der Waals surface area contributed by atoms with E-state index < -0.39 is 0 Å². The fourth-order valence-corrected chi connectivity index (χ4v) is 2.91. The van der Waals surface area contributed by atoms with Crippen LogP contribution in [0.1, 0.15) is 46.0 Å². The molecular weight excluding hydrogens is 212 g/mol. The Morgan fingerprint density at radius 2 is 1.94 bits per heavy atom. The molecule has 0 bridgehead atoms. The predicted molar refractivity (Wildman–Crippen MR) is 73.2 cm³/mol. The third-order valence-electron chi connectivity index (χ3n) is 4.27. The molecule has 1 rings (SSSR count). The summed E-state index contributed by atoms with van der Waals surface area (Å²) >= 11 is 0. The van der Waals surface area contributed by atoms with Crippen LogP contribution in [0.25, 0.3) is 0 Å². The van der Waals surface area contributed by atoms with Crippen LogP contribution in [0.2, 0.25) is 0 Å². The van der Waals surface area contributed by atoms with Gasteiger partial charge in [0.05, 0.1) is 6.61 Å². The van der Waals surface area contributed by atoms with Gasteiger partial charge in [0.2, 0.25) is 0 Å². The average Bonchev–Trinajstić information content (AvgIpc) is 2.36. The first-order valence-electron chi connectivity index (χ1n) is 7.15. The van der Waals surface area contributed by atoms with Crippen LogP contribution in [-0.4, -0.2) is 49.3 Å².